The lowest BCUT2D eigenvalue weighted by molar-refractivity contribution is -0.138. The Balaban J connectivity index is 1.58. The Hall–Kier alpha value is -2.37. The van der Waals surface area contributed by atoms with E-state index in [0.717, 1.165) is 25.7 Å². The summed E-state index contributed by atoms with van der Waals surface area (Å²) in [5.41, 5.74) is 0.490. The van der Waals surface area contributed by atoms with Crippen LogP contribution in [0.3, 0.4) is 0 Å². The van der Waals surface area contributed by atoms with E-state index in [4.69, 9.17) is 5.11 Å². The third-order valence-corrected chi connectivity index (χ3v) is 5.19. The molecule has 6 nitrogen and oxygen atoms in total. The van der Waals surface area contributed by atoms with E-state index in [1.54, 1.807) is 17.0 Å². The predicted molar refractivity (Wildman–Crippen MR) is 92.5 cm³/mol. The molecule has 0 aromatic heterocycles. The first kappa shape index (κ1) is 17.5. The molecule has 2 aliphatic rings. The molecule has 1 N–H and O–H groups in total. The summed E-state index contributed by atoms with van der Waals surface area (Å²) in [4.78, 5) is 39.8. The SMILES string of the molecule is O=C(O)c1cccc(C(=O)N2CCN(C(=O)C3CCCCC3)CC2)c1. The number of carbonyl (C=O) groups is 3. The summed E-state index contributed by atoms with van der Waals surface area (Å²) in [5, 5.41) is 9.05. The molecular weight excluding hydrogens is 320 g/mol. The second-order valence-corrected chi connectivity index (χ2v) is 6.84. The van der Waals surface area contributed by atoms with Crippen molar-refractivity contribution in [2.24, 2.45) is 5.92 Å². The molecule has 0 spiro atoms. The van der Waals surface area contributed by atoms with Gasteiger partial charge in [0.1, 0.15) is 0 Å². The predicted octanol–water partition coefficient (Wildman–Crippen LogP) is 2.25. The summed E-state index contributed by atoms with van der Waals surface area (Å²) in [6, 6.07) is 6.10. The molecule has 1 saturated carbocycles. The van der Waals surface area contributed by atoms with Crippen LogP contribution in [0.15, 0.2) is 24.3 Å². The number of piperazine rings is 1. The van der Waals surface area contributed by atoms with Gasteiger partial charge in [-0.05, 0) is 31.0 Å². The lowest BCUT2D eigenvalue weighted by Crippen LogP contribution is -2.52. The molecule has 25 heavy (non-hydrogen) atoms. The number of carboxylic acid groups (broad SMARTS) is 1. The minimum atomic E-state index is -1.04. The van der Waals surface area contributed by atoms with E-state index in [2.05, 4.69) is 0 Å². The molecule has 1 aromatic rings. The van der Waals surface area contributed by atoms with Crippen LogP contribution in [0.1, 0.15) is 52.8 Å². The zero-order valence-corrected chi connectivity index (χ0v) is 14.3. The van der Waals surface area contributed by atoms with Crippen molar-refractivity contribution in [1.29, 1.82) is 0 Å². The molecule has 0 unspecified atom stereocenters. The first-order valence-corrected chi connectivity index (χ1v) is 8.97. The lowest BCUT2D eigenvalue weighted by Gasteiger charge is -2.37. The van der Waals surface area contributed by atoms with Crippen LogP contribution >= 0.6 is 0 Å². The van der Waals surface area contributed by atoms with Crippen molar-refractivity contribution in [1.82, 2.24) is 9.80 Å². The van der Waals surface area contributed by atoms with Crippen LogP contribution in [-0.4, -0.2) is 58.9 Å². The molecule has 1 saturated heterocycles. The molecule has 0 radical (unpaired) electrons. The van der Waals surface area contributed by atoms with Crippen molar-refractivity contribution in [3.63, 3.8) is 0 Å². The topological polar surface area (TPSA) is 77.9 Å². The van der Waals surface area contributed by atoms with Gasteiger partial charge in [0, 0.05) is 37.7 Å². The molecule has 1 aliphatic heterocycles. The smallest absolute Gasteiger partial charge is 0.335 e. The Morgan fingerprint density at radius 3 is 2.12 bits per heavy atom. The monoisotopic (exact) mass is 344 g/mol. The number of nitrogens with zero attached hydrogens (tertiary/aromatic N) is 2. The number of carboxylic acids is 1. The Labute approximate surface area is 147 Å². The van der Waals surface area contributed by atoms with Crippen molar-refractivity contribution in [3.8, 4) is 0 Å². The third-order valence-electron chi connectivity index (χ3n) is 5.19. The summed E-state index contributed by atoms with van der Waals surface area (Å²) in [5.74, 6) is -0.826. The molecule has 2 amide bonds. The molecule has 2 fully saturated rings. The first-order chi connectivity index (χ1) is 12.1. The number of hydrogen-bond donors (Lipinski definition) is 1. The maximum atomic E-state index is 12.6. The molecule has 1 aromatic carbocycles. The molecule has 0 atom stereocenters. The Bertz CT molecular complexity index is 659. The Kier molecular flexibility index (Phi) is 5.36. The lowest BCUT2D eigenvalue weighted by atomic mass is 9.88. The molecule has 1 aliphatic carbocycles. The van der Waals surface area contributed by atoms with Crippen molar-refractivity contribution < 1.29 is 19.5 Å². The average molecular weight is 344 g/mol. The van der Waals surface area contributed by atoms with Crippen molar-refractivity contribution in [3.05, 3.63) is 35.4 Å². The number of amides is 2. The fourth-order valence-electron chi connectivity index (χ4n) is 3.71. The zero-order valence-electron chi connectivity index (χ0n) is 14.3. The maximum absolute atomic E-state index is 12.6. The van der Waals surface area contributed by atoms with E-state index in [-0.39, 0.29) is 23.3 Å². The zero-order chi connectivity index (χ0) is 17.8. The number of aromatic carboxylic acids is 1. The standard InChI is InChI=1S/C19H24N2O4/c22-17(14-5-2-1-3-6-14)20-9-11-21(12-10-20)18(23)15-7-4-8-16(13-15)19(24)25/h4,7-8,13-14H,1-3,5-6,9-12H2,(H,24,25). The molecular formula is C19H24N2O4. The van der Waals surface area contributed by atoms with E-state index in [1.165, 1.54) is 18.6 Å². The first-order valence-electron chi connectivity index (χ1n) is 8.97. The average Bonchev–Trinajstić information content (AvgIpc) is 2.67. The van der Waals surface area contributed by atoms with Crippen LogP contribution in [0.25, 0.3) is 0 Å². The minimum Gasteiger partial charge on any atom is -0.478 e. The van der Waals surface area contributed by atoms with Gasteiger partial charge in [0.15, 0.2) is 0 Å². The molecule has 134 valence electrons. The van der Waals surface area contributed by atoms with Crippen LogP contribution in [0.2, 0.25) is 0 Å². The summed E-state index contributed by atoms with van der Waals surface area (Å²) < 4.78 is 0. The minimum absolute atomic E-state index is 0.108. The number of rotatable bonds is 3. The van der Waals surface area contributed by atoms with E-state index in [1.807, 2.05) is 4.90 Å². The highest BCUT2D eigenvalue weighted by Crippen LogP contribution is 2.26. The van der Waals surface area contributed by atoms with Gasteiger partial charge in [-0.15, -0.1) is 0 Å². The van der Waals surface area contributed by atoms with Crippen LogP contribution in [0.5, 0.6) is 0 Å². The van der Waals surface area contributed by atoms with E-state index in [0.29, 0.717) is 31.7 Å². The fraction of sp³-hybridized carbons (Fsp3) is 0.526. The van der Waals surface area contributed by atoms with Crippen LogP contribution in [0.4, 0.5) is 0 Å². The largest absolute Gasteiger partial charge is 0.478 e. The second kappa shape index (κ2) is 7.68. The van der Waals surface area contributed by atoms with E-state index >= 15 is 0 Å². The molecule has 1 heterocycles. The van der Waals surface area contributed by atoms with Gasteiger partial charge in [-0.2, -0.15) is 0 Å². The summed E-state index contributed by atoms with van der Waals surface area (Å²) >= 11 is 0. The second-order valence-electron chi connectivity index (χ2n) is 6.84. The van der Waals surface area contributed by atoms with Crippen molar-refractivity contribution in [2.75, 3.05) is 26.2 Å². The van der Waals surface area contributed by atoms with Gasteiger partial charge in [-0.3, -0.25) is 9.59 Å². The van der Waals surface area contributed by atoms with Gasteiger partial charge < -0.3 is 14.9 Å². The normalized spacial score (nSPS) is 18.9. The molecule has 6 heteroatoms. The van der Waals surface area contributed by atoms with E-state index in [9.17, 15) is 14.4 Å². The van der Waals surface area contributed by atoms with Crippen LogP contribution in [-0.2, 0) is 4.79 Å². The molecule has 3 rings (SSSR count). The number of carbonyl (C=O) groups excluding carboxylic acids is 2. The van der Waals surface area contributed by atoms with Gasteiger partial charge in [0.2, 0.25) is 5.91 Å². The number of benzene rings is 1. The number of hydrogen-bond acceptors (Lipinski definition) is 3. The van der Waals surface area contributed by atoms with Crippen LogP contribution in [0, 0.1) is 5.92 Å². The van der Waals surface area contributed by atoms with Gasteiger partial charge in [0.25, 0.3) is 5.91 Å². The summed E-state index contributed by atoms with van der Waals surface area (Å²) in [6.07, 6.45) is 5.46. The van der Waals surface area contributed by atoms with Crippen LogP contribution < -0.4 is 0 Å². The highest BCUT2D eigenvalue weighted by Gasteiger charge is 2.30. The molecule has 0 bridgehead atoms. The van der Waals surface area contributed by atoms with E-state index < -0.39 is 5.97 Å². The summed E-state index contributed by atoms with van der Waals surface area (Å²) in [7, 11) is 0. The van der Waals surface area contributed by atoms with Crippen molar-refractivity contribution in [2.45, 2.75) is 32.1 Å². The third kappa shape index (κ3) is 4.00. The Morgan fingerprint density at radius 2 is 1.48 bits per heavy atom. The Morgan fingerprint density at radius 1 is 0.880 bits per heavy atom. The maximum Gasteiger partial charge on any atom is 0.335 e. The fourth-order valence-corrected chi connectivity index (χ4v) is 3.71. The highest BCUT2D eigenvalue weighted by atomic mass is 16.4. The quantitative estimate of drug-likeness (QED) is 0.912. The highest BCUT2D eigenvalue weighted by molar-refractivity contribution is 5.97. The van der Waals surface area contributed by atoms with Gasteiger partial charge >= 0.3 is 5.97 Å². The summed E-state index contributed by atoms with van der Waals surface area (Å²) in [6.45, 7) is 2.10. The van der Waals surface area contributed by atoms with Gasteiger partial charge in [-0.1, -0.05) is 25.3 Å². The van der Waals surface area contributed by atoms with Gasteiger partial charge in [-0.25, -0.2) is 4.79 Å². The van der Waals surface area contributed by atoms with Gasteiger partial charge in [0.05, 0.1) is 5.56 Å². The van der Waals surface area contributed by atoms with Crippen molar-refractivity contribution >= 4 is 17.8 Å².